The molecule has 118 valence electrons. The van der Waals surface area contributed by atoms with Crippen LogP contribution in [0.2, 0.25) is 0 Å². The minimum absolute atomic E-state index is 0.0523. The van der Waals surface area contributed by atoms with Gasteiger partial charge in [-0.3, -0.25) is 9.36 Å². The number of H-pyrrole nitrogens is 1. The second-order valence-electron chi connectivity index (χ2n) is 4.60. The lowest BCUT2D eigenvalue weighted by Crippen LogP contribution is -2.34. The first-order valence-electron chi connectivity index (χ1n) is 6.20. The topological polar surface area (TPSA) is 160 Å². The number of aliphatic hydroxyl groups excluding tert-OH is 2. The Bertz CT molecular complexity index is 761. The highest BCUT2D eigenvalue weighted by atomic mass is 31.1. The van der Waals surface area contributed by atoms with Gasteiger partial charge in [0.2, 0.25) is 0 Å². The van der Waals surface area contributed by atoms with Crippen LogP contribution in [0, 0.1) is 0 Å². The van der Waals surface area contributed by atoms with Crippen molar-refractivity contribution in [2.24, 2.45) is 0 Å². The van der Waals surface area contributed by atoms with Crippen molar-refractivity contribution in [1.29, 1.82) is 0 Å². The average Bonchev–Trinajstić information content (AvgIpc) is 3.02. The summed E-state index contributed by atoms with van der Waals surface area (Å²) in [5.74, 6) is 0. The number of imidazole rings is 1. The first kappa shape index (κ1) is 15.2. The molecule has 0 radical (unpaired) electrons. The molecule has 0 amide bonds. The number of aliphatic hydroxyl groups is 2. The maximum absolute atomic E-state index is 11.6. The van der Waals surface area contributed by atoms with Gasteiger partial charge in [0.15, 0.2) is 23.5 Å². The van der Waals surface area contributed by atoms with Crippen molar-refractivity contribution in [3.05, 3.63) is 23.0 Å². The molecule has 2 aromatic heterocycles. The highest BCUT2D eigenvalue weighted by molar-refractivity contribution is 7.32. The van der Waals surface area contributed by atoms with Gasteiger partial charge < -0.3 is 19.9 Å². The Hall–Kier alpha value is -1.75. The fraction of sp³-hybridized carbons (Fsp3) is 0.500. The Balaban J connectivity index is 1.99. The zero-order valence-corrected chi connectivity index (χ0v) is 11.8. The molecule has 3 rings (SSSR count). The number of nitrogens with one attached hydrogen (secondary N) is 1. The van der Waals surface area contributed by atoms with Crippen molar-refractivity contribution < 1.29 is 28.9 Å². The lowest BCUT2D eigenvalue weighted by atomic mass is 10.1. The summed E-state index contributed by atoms with van der Waals surface area (Å²) in [6.45, 7) is -0.526. The van der Waals surface area contributed by atoms with Crippen LogP contribution in [0.25, 0.3) is 11.2 Å². The molecule has 5 atom stereocenters. The second kappa shape index (κ2) is 5.80. The number of aromatic amines is 1. The number of ether oxygens (including phenoxy) is 1. The van der Waals surface area contributed by atoms with Crippen LogP contribution in [-0.4, -0.2) is 59.5 Å². The summed E-state index contributed by atoms with van der Waals surface area (Å²) in [7, 11) is -2.98. The van der Waals surface area contributed by atoms with Gasteiger partial charge in [-0.25, -0.2) is 9.97 Å². The van der Waals surface area contributed by atoms with E-state index in [0.717, 1.165) is 0 Å². The predicted octanol–water partition coefficient (Wildman–Crippen LogP) is -1.59. The fourth-order valence-electron chi connectivity index (χ4n) is 2.38. The van der Waals surface area contributed by atoms with Crippen LogP contribution in [0.3, 0.4) is 0 Å². The molecule has 0 aliphatic carbocycles. The molecule has 2 aromatic rings. The summed E-state index contributed by atoms with van der Waals surface area (Å²) < 4.78 is 22.2. The maximum Gasteiger partial charge on any atom is 0.695 e. The minimum Gasteiger partial charge on any atom is -0.394 e. The Kier molecular flexibility index (Phi) is 4.00. The first-order chi connectivity index (χ1) is 10.5. The van der Waals surface area contributed by atoms with Crippen molar-refractivity contribution in [2.75, 3.05) is 6.61 Å². The number of rotatable bonds is 4. The third kappa shape index (κ3) is 2.43. The van der Waals surface area contributed by atoms with Crippen molar-refractivity contribution >= 4 is 19.4 Å². The summed E-state index contributed by atoms with van der Waals surface area (Å²) in [4.78, 5) is 30.7. The maximum atomic E-state index is 11.6. The molecule has 0 bridgehead atoms. The predicted molar refractivity (Wildman–Crippen MR) is 69.8 cm³/mol. The van der Waals surface area contributed by atoms with Gasteiger partial charge >= 0.3 is 8.25 Å². The van der Waals surface area contributed by atoms with E-state index in [1.54, 1.807) is 0 Å². The van der Waals surface area contributed by atoms with Crippen molar-refractivity contribution in [3.63, 3.8) is 0 Å². The molecular weight excluding hydrogens is 319 g/mol. The van der Waals surface area contributed by atoms with Crippen LogP contribution >= 0.6 is 8.25 Å². The molecule has 11 nitrogen and oxygen atoms in total. The fourth-order valence-corrected chi connectivity index (χ4v) is 2.85. The smallest absolute Gasteiger partial charge is 0.394 e. The molecule has 0 saturated carbocycles. The summed E-state index contributed by atoms with van der Waals surface area (Å²) in [5, 5.41) is 19.5. The number of nitrogens with zero attached hydrogens (tertiary/aromatic N) is 3. The van der Waals surface area contributed by atoms with E-state index in [1.165, 1.54) is 17.2 Å². The Morgan fingerprint density at radius 3 is 2.95 bits per heavy atom. The number of hydrogen-bond donors (Lipinski definition) is 4. The van der Waals surface area contributed by atoms with Crippen LogP contribution in [-0.2, 0) is 13.8 Å². The molecule has 3 heterocycles. The minimum atomic E-state index is -2.98. The molecule has 1 aliphatic rings. The summed E-state index contributed by atoms with van der Waals surface area (Å²) in [6.07, 6.45) is -2.23. The normalized spacial score (nSPS) is 29.1. The van der Waals surface area contributed by atoms with E-state index in [-0.39, 0.29) is 11.2 Å². The SMILES string of the molecule is O=c1[nH]cnc2c1ncn2[C@@H]1O[C@H](CO)[C@@H](O[P+](=O)O)[C@H]1O. The van der Waals surface area contributed by atoms with E-state index in [9.17, 15) is 19.6 Å². The molecule has 1 aliphatic heterocycles. The number of aromatic nitrogens is 4. The Morgan fingerprint density at radius 1 is 1.50 bits per heavy atom. The van der Waals surface area contributed by atoms with Gasteiger partial charge in [0.1, 0.15) is 12.2 Å². The lowest BCUT2D eigenvalue weighted by molar-refractivity contribution is -0.0504. The van der Waals surface area contributed by atoms with Gasteiger partial charge in [-0.05, 0) is 0 Å². The summed E-state index contributed by atoms with van der Waals surface area (Å²) in [5.41, 5.74) is -0.240. The van der Waals surface area contributed by atoms with E-state index in [2.05, 4.69) is 15.0 Å². The molecule has 0 aromatic carbocycles. The van der Waals surface area contributed by atoms with E-state index >= 15 is 0 Å². The van der Waals surface area contributed by atoms with Crippen molar-refractivity contribution in [3.8, 4) is 0 Å². The van der Waals surface area contributed by atoms with Gasteiger partial charge in [-0.15, -0.1) is 9.42 Å². The molecule has 12 heteroatoms. The van der Waals surface area contributed by atoms with Gasteiger partial charge in [0.05, 0.1) is 19.3 Å². The highest BCUT2D eigenvalue weighted by Crippen LogP contribution is 2.36. The zero-order chi connectivity index (χ0) is 15.9. The Morgan fingerprint density at radius 2 is 2.27 bits per heavy atom. The molecule has 22 heavy (non-hydrogen) atoms. The van der Waals surface area contributed by atoms with Crippen molar-refractivity contribution in [2.45, 2.75) is 24.5 Å². The van der Waals surface area contributed by atoms with E-state index in [1.807, 2.05) is 0 Å². The zero-order valence-electron chi connectivity index (χ0n) is 10.9. The third-order valence-electron chi connectivity index (χ3n) is 3.34. The standard InChI is InChI=1S/C10H11N4O7P/c15-1-4-7(21-22(18)19)6(16)10(20-4)14-3-13-5-8(14)11-2-12-9(5)17/h2-4,6-7,10,15-16H,1H2,(H-,11,12,17,18,19)/p+1/t4-,6-,7-,10-/m1/s1. The van der Waals surface area contributed by atoms with Gasteiger partial charge in [0.25, 0.3) is 5.56 Å². The molecule has 4 N–H and O–H groups in total. The first-order valence-corrected chi connectivity index (χ1v) is 7.33. The lowest BCUT2D eigenvalue weighted by Gasteiger charge is -2.16. The average molecular weight is 331 g/mol. The second-order valence-corrected chi connectivity index (χ2v) is 5.29. The molecule has 0 spiro atoms. The molecular formula is C10H12N4O7P+. The van der Waals surface area contributed by atoms with Crippen LogP contribution < -0.4 is 5.56 Å². The monoisotopic (exact) mass is 331 g/mol. The van der Waals surface area contributed by atoms with Gasteiger partial charge in [-0.1, -0.05) is 0 Å². The quantitative estimate of drug-likeness (QED) is 0.484. The highest BCUT2D eigenvalue weighted by Gasteiger charge is 2.50. The molecule has 1 unspecified atom stereocenters. The van der Waals surface area contributed by atoms with Crippen LogP contribution in [0.1, 0.15) is 6.23 Å². The molecule has 1 fully saturated rings. The third-order valence-corrected chi connectivity index (χ3v) is 3.76. The van der Waals surface area contributed by atoms with Crippen LogP contribution in [0.4, 0.5) is 0 Å². The van der Waals surface area contributed by atoms with Gasteiger partial charge in [-0.2, -0.15) is 0 Å². The van der Waals surface area contributed by atoms with Gasteiger partial charge in [0, 0.05) is 4.57 Å². The van der Waals surface area contributed by atoms with E-state index in [4.69, 9.17) is 14.2 Å². The molecule has 1 saturated heterocycles. The summed E-state index contributed by atoms with van der Waals surface area (Å²) in [6, 6.07) is 0. The largest absolute Gasteiger partial charge is 0.695 e. The van der Waals surface area contributed by atoms with Crippen LogP contribution in [0.15, 0.2) is 17.4 Å². The number of fused-ring (bicyclic) bond motifs is 1. The van der Waals surface area contributed by atoms with Crippen molar-refractivity contribution in [1.82, 2.24) is 19.5 Å². The van der Waals surface area contributed by atoms with Crippen LogP contribution in [0.5, 0.6) is 0 Å². The Labute approximate surface area is 123 Å². The number of hydrogen-bond acceptors (Lipinski definition) is 8. The summed E-state index contributed by atoms with van der Waals surface area (Å²) >= 11 is 0. The van der Waals surface area contributed by atoms with E-state index in [0.29, 0.717) is 0 Å². The van der Waals surface area contributed by atoms with E-state index < -0.39 is 45.0 Å².